The van der Waals surface area contributed by atoms with Gasteiger partial charge in [-0.25, -0.2) is 0 Å². The van der Waals surface area contributed by atoms with Crippen LogP contribution in [0.1, 0.15) is 73.7 Å². The average molecular weight is 380 g/mol. The van der Waals surface area contributed by atoms with Gasteiger partial charge in [0, 0.05) is 24.6 Å². The van der Waals surface area contributed by atoms with Crippen molar-refractivity contribution in [3.8, 4) is 5.75 Å². The van der Waals surface area contributed by atoms with E-state index < -0.39 is 5.97 Å². The van der Waals surface area contributed by atoms with Gasteiger partial charge in [-0.3, -0.25) is 9.59 Å². The molecule has 0 radical (unpaired) electrons. The van der Waals surface area contributed by atoms with E-state index in [0.29, 0.717) is 41.9 Å². The third-order valence-electron chi connectivity index (χ3n) is 5.30. The molecule has 1 aromatic carbocycles. The summed E-state index contributed by atoms with van der Waals surface area (Å²) in [6.07, 6.45) is 8.83. The molecule has 3 rings (SSSR count). The van der Waals surface area contributed by atoms with E-state index in [-0.39, 0.29) is 12.3 Å². The van der Waals surface area contributed by atoms with Crippen LogP contribution in [0.3, 0.4) is 0 Å². The largest absolute Gasteiger partial charge is 0.492 e. The summed E-state index contributed by atoms with van der Waals surface area (Å²) in [5, 5.41) is 9.10. The van der Waals surface area contributed by atoms with Crippen LogP contribution in [0, 0.1) is 0 Å². The van der Waals surface area contributed by atoms with Gasteiger partial charge in [0.15, 0.2) is 0 Å². The summed E-state index contributed by atoms with van der Waals surface area (Å²) in [6.45, 7) is 0.909. The molecule has 0 aromatic heterocycles. The maximum atomic E-state index is 12.9. The third kappa shape index (κ3) is 4.50. The highest BCUT2D eigenvalue weighted by molar-refractivity contribution is 6.32. The Morgan fingerprint density at radius 2 is 1.88 bits per heavy atom. The predicted molar refractivity (Wildman–Crippen MR) is 99.8 cm³/mol. The molecule has 1 N–H and O–H groups in total. The maximum absolute atomic E-state index is 12.9. The highest BCUT2D eigenvalue weighted by atomic mass is 35.5. The highest BCUT2D eigenvalue weighted by Gasteiger charge is 2.33. The molecule has 6 heteroatoms. The third-order valence-corrected chi connectivity index (χ3v) is 5.59. The molecular weight excluding hydrogens is 354 g/mol. The van der Waals surface area contributed by atoms with Crippen LogP contribution in [0.4, 0.5) is 0 Å². The Labute approximate surface area is 159 Å². The molecule has 0 bridgehead atoms. The molecule has 26 heavy (non-hydrogen) atoms. The Morgan fingerprint density at radius 3 is 2.58 bits per heavy atom. The predicted octanol–water partition coefficient (Wildman–Crippen LogP) is 4.65. The topological polar surface area (TPSA) is 66.8 Å². The maximum Gasteiger partial charge on any atom is 0.303 e. The Bertz CT molecular complexity index is 668. The second kappa shape index (κ2) is 8.76. The Hall–Kier alpha value is -1.75. The minimum absolute atomic E-state index is 0.0660. The van der Waals surface area contributed by atoms with Gasteiger partial charge in [-0.05, 0) is 37.0 Å². The molecular formula is C20H26ClNO4. The molecule has 2 aliphatic rings. The summed E-state index contributed by atoms with van der Waals surface area (Å²) in [6, 6.07) is 3.86. The first-order valence-corrected chi connectivity index (χ1v) is 9.92. The molecule has 1 saturated carbocycles. The van der Waals surface area contributed by atoms with Crippen LogP contribution in [0.2, 0.25) is 5.02 Å². The van der Waals surface area contributed by atoms with Crippen LogP contribution in [0.15, 0.2) is 12.1 Å². The number of carbonyl (C=O) groups excluding carboxylic acids is 1. The van der Waals surface area contributed by atoms with Crippen molar-refractivity contribution < 1.29 is 19.4 Å². The van der Waals surface area contributed by atoms with Gasteiger partial charge in [0.25, 0.3) is 5.91 Å². The lowest BCUT2D eigenvalue weighted by Gasteiger charge is -2.29. The summed E-state index contributed by atoms with van der Waals surface area (Å²) in [5.74, 6) is -0.234. The summed E-state index contributed by atoms with van der Waals surface area (Å²) < 4.78 is 5.64. The van der Waals surface area contributed by atoms with Crippen molar-refractivity contribution in [2.24, 2.45) is 0 Å². The van der Waals surface area contributed by atoms with Crippen molar-refractivity contribution in [2.75, 3.05) is 6.61 Å². The molecule has 1 amide bonds. The van der Waals surface area contributed by atoms with E-state index >= 15 is 0 Å². The minimum atomic E-state index is -0.839. The zero-order valence-electron chi connectivity index (χ0n) is 15.0. The smallest absolute Gasteiger partial charge is 0.303 e. The number of halogens is 1. The number of aliphatic carboxylic acids is 1. The van der Waals surface area contributed by atoms with E-state index in [1.165, 1.54) is 32.1 Å². The lowest BCUT2D eigenvalue weighted by Crippen LogP contribution is -2.35. The average Bonchev–Trinajstić information content (AvgIpc) is 2.87. The van der Waals surface area contributed by atoms with Crippen molar-refractivity contribution in [1.29, 1.82) is 0 Å². The second-order valence-electron chi connectivity index (χ2n) is 7.22. The van der Waals surface area contributed by atoms with Crippen molar-refractivity contribution in [3.05, 3.63) is 28.3 Å². The lowest BCUT2D eigenvalue weighted by atomic mass is 9.96. The zero-order chi connectivity index (χ0) is 18.5. The quantitative estimate of drug-likeness (QED) is 0.730. The van der Waals surface area contributed by atoms with Gasteiger partial charge in [0.05, 0.1) is 11.6 Å². The van der Waals surface area contributed by atoms with Gasteiger partial charge in [0.1, 0.15) is 5.75 Å². The summed E-state index contributed by atoms with van der Waals surface area (Å²) in [7, 11) is 0. The summed E-state index contributed by atoms with van der Waals surface area (Å²) in [5.41, 5.74) is 1.63. The molecule has 1 aliphatic heterocycles. The fourth-order valence-corrected chi connectivity index (χ4v) is 4.11. The van der Waals surface area contributed by atoms with Crippen LogP contribution >= 0.6 is 11.6 Å². The van der Waals surface area contributed by atoms with Crippen molar-refractivity contribution >= 4 is 23.5 Å². The van der Waals surface area contributed by atoms with Crippen molar-refractivity contribution in [2.45, 2.75) is 70.4 Å². The SMILES string of the molecule is O=C(O)CCCOc1cc2c(cc1Cl)C(=O)N(C1CCCCCCC1)C2. The molecule has 1 aromatic rings. The van der Waals surface area contributed by atoms with E-state index in [4.69, 9.17) is 21.4 Å². The molecule has 1 fully saturated rings. The van der Waals surface area contributed by atoms with E-state index in [0.717, 1.165) is 18.4 Å². The Kier molecular flexibility index (Phi) is 6.41. The number of carbonyl (C=O) groups is 2. The standard InChI is InChI=1S/C20H26ClNO4/c21-17-12-16-14(11-18(17)26-10-6-9-19(23)24)13-22(20(16)25)15-7-4-2-1-3-5-8-15/h11-12,15H,1-10,13H2,(H,23,24). The van der Waals surface area contributed by atoms with Gasteiger partial charge in [-0.15, -0.1) is 0 Å². The molecule has 0 spiro atoms. The first kappa shape index (κ1) is 19.0. The van der Waals surface area contributed by atoms with Gasteiger partial charge in [-0.1, -0.05) is 43.7 Å². The normalized spacial score (nSPS) is 18.3. The fraction of sp³-hybridized carbons (Fsp3) is 0.600. The van der Waals surface area contributed by atoms with Gasteiger partial charge < -0.3 is 14.7 Å². The van der Waals surface area contributed by atoms with E-state index in [9.17, 15) is 9.59 Å². The summed E-state index contributed by atoms with van der Waals surface area (Å²) in [4.78, 5) is 25.4. The molecule has 1 aliphatic carbocycles. The molecule has 0 unspecified atom stereocenters. The summed E-state index contributed by atoms with van der Waals surface area (Å²) >= 11 is 6.28. The molecule has 0 atom stereocenters. The number of rotatable bonds is 6. The van der Waals surface area contributed by atoms with E-state index in [1.807, 2.05) is 11.0 Å². The zero-order valence-corrected chi connectivity index (χ0v) is 15.8. The molecule has 1 heterocycles. The minimum Gasteiger partial charge on any atom is -0.492 e. The highest BCUT2D eigenvalue weighted by Crippen LogP contribution is 2.36. The van der Waals surface area contributed by atoms with Crippen LogP contribution in [0.5, 0.6) is 5.75 Å². The Balaban J connectivity index is 1.67. The Morgan fingerprint density at radius 1 is 1.19 bits per heavy atom. The van der Waals surface area contributed by atoms with Crippen molar-refractivity contribution in [3.63, 3.8) is 0 Å². The number of hydrogen-bond donors (Lipinski definition) is 1. The number of nitrogens with zero attached hydrogens (tertiary/aromatic N) is 1. The van der Waals surface area contributed by atoms with Gasteiger partial charge in [-0.2, -0.15) is 0 Å². The number of carboxylic acid groups (broad SMARTS) is 1. The van der Waals surface area contributed by atoms with E-state index in [1.54, 1.807) is 6.07 Å². The van der Waals surface area contributed by atoms with Crippen LogP contribution in [0.25, 0.3) is 0 Å². The number of benzene rings is 1. The number of carboxylic acids is 1. The fourth-order valence-electron chi connectivity index (χ4n) is 3.89. The lowest BCUT2D eigenvalue weighted by molar-refractivity contribution is -0.137. The molecule has 5 nitrogen and oxygen atoms in total. The first-order valence-electron chi connectivity index (χ1n) is 9.54. The molecule has 142 valence electrons. The number of hydrogen-bond acceptors (Lipinski definition) is 3. The number of ether oxygens (including phenoxy) is 1. The monoisotopic (exact) mass is 379 g/mol. The number of amides is 1. The van der Waals surface area contributed by atoms with Crippen molar-refractivity contribution in [1.82, 2.24) is 4.90 Å². The van der Waals surface area contributed by atoms with Crippen LogP contribution < -0.4 is 4.74 Å². The van der Waals surface area contributed by atoms with Gasteiger partial charge >= 0.3 is 5.97 Å². The second-order valence-corrected chi connectivity index (χ2v) is 7.62. The molecule has 0 saturated heterocycles. The first-order chi connectivity index (χ1) is 12.6. The van der Waals surface area contributed by atoms with Crippen LogP contribution in [-0.2, 0) is 11.3 Å². The van der Waals surface area contributed by atoms with Gasteiger partial charge in [0.2, 0.25) is 0 Å². The van der Waals surface area contributed by atoms with E-state index in [2.05, 4.69) is 0 Å². The van der Waals surface area contributed by atoms with Crippen LogP contribution in [-0.4, -0.2) is 34.5 Å². The number of fused-ring (bicyclic) bond motifs is 1.